The highest BCUT2D eigenvalue weighted by molar-refractivity contribution is 5.98. The van der Waals surface area contributed by atoms with Crippen LogP contribution >= 0.6 is 0 Å². The third kappa shape index (κ3) is 3.63. The van der Waals surface area contributed by atoms with Crippen LogP contribution in [0.25, 0.3) is 5.57 Å². The third-order valence-corrected chi connectivity index (χ3v) is 3.07. The number of carbonyl (C=O) groups is 1. The van der Waals surface area contributed by atoms with E-state index < -0.39 is 5.91 Å². The van der Waals surface area contributed by atoms with Crippen LogP contribution in [0.4, 0.5) is 0 Å². The van der Waals surface area contributed by atoms with E-state index in [1.165, 1.54) is 6.08 Å². The van der Waals surface area contributed by atoms with Crippen molar-refractivity contribution in [1.29, 1.82) is 0 Å². The summed E-state index contributed by atoms with van der Waals surface area (Å²) in [7, 11) is 3.21. The van der Waals surface area contributed by atoms with Gasteiger partial charge in [-0.15, -0.1) is 0 Å². The molecule has 0 bridgehead atoms. The van der Waals surface area contributed by atoms with Crippen LogP contribution in [0.15, 0.2) is 54.6 Å². The van der Waals surface area contributed by atoms with Crippen molar-refractivity contribution in [3.63, 3.8) is 0 Å². The Bertz CT molecular complexity index is 660. The van der Waals surface area contributed by atoms with Gasteiger partial charge in [0.15, 0.2) is 0 Å². The quantitative estimate of drug-likeness (QED) is 0.858. The lowest BCUT2D eigenvalue weighted by Gasteiger charge is -2.10. The smallest absolute Gasteiger partial charge is 0.242 e. The van der Waals surface area contributed by atoms with Crippen molar-refractivity contribution in [3.05, 3.63) is 65.7 Å². The summed E-state index contributed by atoms with van der Waals surface area (Å²) in [6, 6.07) is 14.9. The number of ether oxygens (including phenoxy) is 2. The molecular weight excluding hydrogens is 266 g/mol. The topological polar surface area (TPSA) is 61.5 Å². The molecule has 2 aromatic rings. The van der Waals surface area contributed by atoms with E-state index in [2.05, 4.69) is 0 Å². The number of nitrogens with two attached hydrogens (primary N) is 1. The van der Waals surface area contributed by atoms with Gasteiger partial charge in [-0.2, -0.15) is 0 Å². The summed E-state index contributed by atoms with van der Waals surface area (Å²) in [5.74, 6) is 0.975. The van der Waals surface area contributed by atoms with Gasteiger partial charge in [0.2, 0.25) is 5.91 Å². The minimum atomic E-state index is -0.497. The van der Waals surface area contributed by atoms with Crippen molar-refractivity contribution in [3.8, 4) is 11.5 Å². The Morgan fingerprint density at radius 2 is 1.62 bits per heavy atom. The van der Waals surface area contributed by atoms with E-state index in [4.69, 9.17) is 15.2 Å². The van der Waals surface area contributed by atoms with E-state index in [9.17, 15) is 4.79 Å². The van der Waals surface area contributed by atoms with Crippen LogP contribution < -0.4 is 15.2 Å². The van der Waals surface area contributed by atoms with E-state index >= 15 is 0 Å². The molecule has 21 heavy (non-hydrogen) atoms. The van der Waals surface area contributed by atoms with Gasteiger partial charge in [0, 0.05) is 6.08 Å². The molecule has 2 aromatic carbocycles. The van der Waals surface area contributed by atoms with Crippen molar-refractivity contribution in [2.24, 2.45) is 5.73 Å². The highest BCUT2D eigenvalue weighted by atomic mass is 16.5. The fraction of sp³-hybridized carbons (Fsp3) is 0.118. The van der Waals surface area contributed by atoms with Crippen LogP contribution in [-0.2, 0) is 4.79 Å². The van der Waals surface area contributed by atoms with Crippen molar-refractivity contribution < 1.29 is 14.3 Å². The molecule has 0 aliphatic heterocycles. The predicted octanol–water partition coefficient (Wildman–Crippen LogP) is 2.62. The number of carbonyl (C=O) groups excluding carboxylic acids is 1. The highest BCUT2D eigenvalue weighted by Gasteiger charge is 2.08. The van der Waals surface area contributed by atoms with Crippen LogP contribution in [0.5, 0.6) is 11.5 Å². The van der Waals surface area contributed by atoms with Crippen LogP contribution in [-0.4, -0.2) is 20.1 Å². The summed E-state index contributed by atoms with van der Waals surface area (Å²) in [5.41, 5.74) is 7.80. The molecule has 0 aliphatic carbocycles. The average molecular weight is 283 g/mol. The minimum absolute atomic E-state index is 0.497. The van der Waals surface area contributed by atoms with E-state index in [1.54, 1.807) is 14.2 Å². The summed E-state index contributed by atoms with van der Waals surface area (Å²) < 4.78 is 10.4. The van der Waals surface area contributed by atoms with Crippen LogP contribution in [0.3, 0.4) is 0 Å². The second-order valence-electron chi connectivity index (χ2n) is 4.42. The first kappa shape index (κ1) is 14.7. The first-order chi connectivity index (χ1) is 10.1. The number of amides is 1. The lowest BCUT2D eigenvalue weighted by molar-refractivity contribution is -0.113. The summed E-state index contributed by atoms with van der Waals surface area (Å²) in [6.45, 7) is 0. The van der Waals surface area contributed by atoms with Gasteiger partial charge in [0.25, 0.3) is 0 Å². The normalized spacial score (nSPS) is 11.0. The van der Waals surface area contributed by atoms with Gasteiger partial charge in [0.05, 0.1) is 14.2 Å². The number of primary amides is 1. The molecule has 0 unspecified atom stereocenters. The monoisotopic (exact) mass is 283 g/mol. The lowest BCUT2D eigenvalue weighted by atomic mass is 9.97. The molecule has 0 fully saturated rings. The number of hydrogen-bond acceptors (Lipinski definition) is 3. The first-order valence-electron chi connectivity index (χ1n) is 6.44. The molecule has 108 valence electrons. The molecule has 1 amide bonds. The van der Waals surface area contributed by atoms with Gasteiger partial charge in [-0.05, 0) is 41.0 Å². The van der Waals surface area contributed by atoms with Gasteiger partial charge < -0.3 is 15.2 Å². The molecule has 0 saturated carbocycles. The van der Waals surface area contributed by atoms with Crippen molar-refractivity contribution in [2.45, 2.75) is 0 Å². The molecule has 0 radical (unpaired) electrons. The fourth-order valence-electron chi connectivity index (χ4n) is 2.04. The number of methoxy groups -OCH3 is 2. The molecule has 4 heteroatoms. The number of rotatable bonds is 5. The zero-order chi connectivity index (χ0) is 15.2. The van der Waals surface area contributed by atoms with Crippen molar-refractivity contribution >= 4 is 11.5 Å². The van der Waals surface area contributed by atoms with Crippen LogP contribution in [0.2, 0.25) is 0 Å². The molecule has 2 rings (SSSR count). The maximum atomic E-state index is 11.3. The van der Waals surface area contributed by atoms with Gasteiger partial charge in [-0.25, -0.2) is 0 Å². The molecule has 0 atom stereocenters. The molecule has 2 N–H and O–H groups in total. The SMILES string of the molecule is COc1ccc(C(=CC(N)=O)c2cccc(OC)c2)cc1. The molecule has 0 spiro atoms. The van der Waals surface area contributed by atoms with E-state index in [0.29, 0.717) is 0 Å². The second kappa shape index (κ2) is 6.61. The van der Waals surface area contributed by atoms with Gasteiger partial charge in [-0.3, -0.25) is 4.79 Å². The largest absolute Gasteiger partial charge is 0.497 e. The van der Waals surface area contributed by atoms with Crippen molar-refractivity contribution in [2.75, 3.05) is 14.2 Å². The highest BCUT2D eigenvalue weighted by Crippen LogP contribution is 2.27. The zero-order valence-electron chi connectivity index (χ0n) is 12.0. The zero-order valence-corrected chi connectivity index (χ0v) is 12.0. The Morgan fingerprint density at radius 3 is 2.19 bits per heavy atom. The van der Waals surface area contributed by atoms with Gasteiger partial charge >= 0.3 is 0 Å². The van der Waals surface area contributed by atoms with E-state index in [-0.39, 0.29) is 0 Å². The Balaban J connectivity index is 2.49. The molecule has 0 heterocycles. The summed E-state index contributed by atoms with van der Waals surface area (Å²) >= 11 is 0. The first-order valence-corrected chi connectivity index (χ1v) is 6.44. The summed E-state index contributed by atoms with van der Waals surface area (Å²) in [5, 5.41) is 0. The molecule has 0 aromatic heterocycles. The second-order valence-corrected chi connectivity index (χ2v) is 4.42. The molecule has 0 aliphatic rings. The van der Waals surface area contributed by atoms with E-state index in [1.807, 2.05) is 48.5 Å². The summed E-state index contributed by atoms with van der Waals surface area (Å²) in [6.07, 6.45) is 1.41. The molecule has 0 saturated heterocycles. The Morgan fingerprint density at radius 1 is 0.952 bits per heavy atom. The maximum absolute atomic E-state index is 11.3. The Kier molecular flexibility index (Phi) is 4.61. The maximum Gasteiger partial charge on any atom is 0.242 e. The van der Waals surface area contributed by atoms with Gasteiger partial charge in [0.1, 0.15) is 11.5 Å². The third-order valence-electron chi connectivity index (χ3n) is 3.07. The lowest BCUT2D eigenvalue weighted by Crippen LogP contribution is -2.07. The minimum Gasteiger partial charge on any atom is -0.497 e. The predicted molar refractivity (Wildman–Crippen MR) is 82.3 cm³/mol. The number of benzene rings is 2. The molecular formula is C17H17NO3. The Hall–Kier alpha value is -2.75. The summed E-state index contributed by atoms with van der Waals surface area (Å²) in [4.78, 5) is 11.3. The van der Waals surface area contributed by atoms with Crippen molar-refractivity contribution in [1.82, 2.24) is 0 Å². The van der Waals surface area contributed by atoms with Crippen LogP contribution in [0.1, 0.15) is 11.1 Å². The standard InChI is InChI=1S/C17H17NO3/c1-20-14-8-6-12(7-9-14)16(11-17(18)19)13-4-3-5-15(10-13)21-2/h3-11H,1-2H3,(H2,18,19). The van der Waals surface area contributed by atoms with E-state index in [0.717, 1.165) is 28.2 Å². The van der Waals surface area contributed by atoms with Gasteiger partial charge in [-0.1, -0.05) is 24.3 Å². The van der Waals surface area contributed by atoms with Crippen LogP contribution in [0, 0.1) is 0 Å². The Labute approximate surface area is 123 Å². The fourth-order valence-corrected chi connectivity index (χ4v) is 2.04. The number of hydrogen-bond donors (Lipinski definition) is 1. The average Bonchev–Trinajstić information content (AvgIpc) is 2.52. The molecule has 4 nitrogen and oxygen atoms in total.